The maximum atomic E-state index is 5.37. The van der Waals surface area contributed by atoms with Gasteiger partial charge in [0.2, 0.25) is 10.1 Å². The second-order valence-electron chi connectivity index (χ2n) is 4.62. The quantitative estimate of drug-likeness (QED) is 0.561. The molecule has 0 aliphatic rings. The Morgan fingerprint density at radius 1 is 1.26 bits per heavy atom. The van der Waals surface area contributed by atoms with Gasteiger partial charge in [0.15, 0.2) is 4.34 Å². The highest BCUT2D eigenvalue weighted by atomic mass is 32.2. The number of rotatable bonds is 4. The third-order valence-corrected chi connectivity index (χ3v) is 4.99. The van der Waals surface area contributed by atoms with Crippen molar-refractivity contribution in [1.29, 1.82) is 0 Å². The van der Waals surface area contributed by atoms with Gasteiger partial charge in [0.25, 0.3) is 0 Å². The van der Waals surface area contributed by atoms with Crippen LogP contribution in [-0.4, -0.2) is 41.9 Å². The van der Waals surface area contributed by atoms with Crippen LogP contribution in [0.25, 0.3) is 10.6 Å². The maximum absolute atomic E-state index is 5.37. The number of hydrogen-bond acceptors (Lipinski definition) is 8. The predicted octanol–water partition coefficient (Wildman–Crippen LogP) is 2.23. The van der Waals surface area contributed by atoms with E-state index in [-0.39, 0.29) is 0 Å². The van der Waals surface area contributed by atoms with Crippen LogP contribution in [0, 0.1) is 6.92 Å². The molecule has 0 atom stereocenters. The van der Waals surface area contributed by atoms with Gasteiger partial charge in [-0.2, -0.15) is 4.68 Å². The number of methoxy groups -OCH3 is 1. The molecule has 8 nitrogen and oxygen atoms in total. The van der Waals surface area contributed by atoms with Gasteiger partial charge in [-0.1, -0.05) is 23.5 Å². The summed E-state index contributed by atoms with van der Waals surface area (Å²) in [5.41, 5.74) is 1.72. The maximum Gasteiger partial charge on any atom is 0.221 e. The van der Waals surface area contributed by atoms with Crippen LogP contribution in [0.15, 0.2) is 40.0 Å². The minimum Gasteiger partial charge on any atom is -0.494 e. The fourth-order valence-electron chi connectivity index (χ4n) is 2.11. The van der Waals surface area contributed by atoms with Gasteiger partial charge in [-0.25, -0.2) is 9.50 Å². The molecule has 116 valence electrons. The van der Waals surface area contributed by atoms with E-state index in [4.69, 9.17) is 4.74 Å². The number of benzene rings is 1. The van der Waals surface area contributed by atoms with Crippen LogP contribution in [0.1, 0.15) is 5.69 Å². The van der Waals surface area contributed by atoms with Crippen LogP contribution < -0.4 is 4.74 Å². The van der Waals surface area contributed by atoms with Crippen LogP contribution in [0.5, 0.6) is 5.75 Å². The summed E-state index contributed by atoms with van der Waals surface area (Å²) in [4.78, 5) is 5.25. The average molecular weight is 345 g/mol. The third-order valence-electron chi connectivity index (χ3n) is 3.08. The highest BCUT2D eigenvalue weighted by Crippen LogP contribution is 2.32. The van der Waals surface area contributed by atoms with Gasteiger partial charge in [-0.05, 0) is 41.2 Å². The first kappa shape index (κ1) is 14.2. The molecule has 1 aromatic carbocycles. The van der Waals surface area contributed by atoms with Gasteiger partial charge in [-0.3, -0.25) is 0 Å². The summed E-state index contributed by atoms with van der Waals surface area (Å²) in [6, 6.07) is 7.58. The second kappa shape index (κ2) is 5.63. The molecular weight excluding hydrogens is 334 g/mol. The van der Waals surface area contributed by atoms with Gasteiger partial charge in [-0.15, -0.1) is 10.2 Å². The summed E-state index contributed by atoms with van der Waals surface area (Å²) in [5, 5.41) is 17.0. The largest absolute Gasteiger partial charge is 0.494 e. The van der Waals surface area contributed by atoms with Crippen LogP contribution in [0.3, 0.4) is 0 Å². The molecule has 0 N–H and O–H groups in total. The monoisotopic (exact) mass is 345 g/mol. The predicted molar refractivity (Wildman–Crippen MR) is 85.4 cm³/mol. The third kappa shape index (κ3) is 2.55. The van der Waals surface area contributed by atoms with E-state index >= 15 is 0 Å². The van der Waals surface area contributed by atoms with Crippen molar-refractivity contribution in [3.63, 3.8) is 0 Å². The molecule has 0 spiro atoms. The number of ether oxygens (including phenoxy) is 1. The Labute approximate surface area is 139 Å². The van der Waals surface area contributed by atoms with E-state index in [0.717, 1.165) is 20.7 Å². The fourth-order valence-corrected chi connectivity index (χ4v) is 3.97. The van der Waals surface area contributed by atoms with Gasteiger partial charge in [0.05, 0.1) is 19.0 Å². The molecule has 0 aliphatic carbocycles. The SMILES string of the molecule is COc1ccccc1-n1nnnc1Sc1nn2cc(C)nc2s1. The zero-order chi connectivity index (χ0) is 15.8. The smallest absolute Gasteiger partial charge is 0.221 e. The molecule has 10 heteroatoms. The number of aryl methyl sites for hydroxylation is 1. The number of fused-ring (bicyclic) bond motifs is 1. The highest BCUT2D eigenvalue weighted by Gasteiger charge is 2.16. The zero-order valence-electron chi connectivity index (χ0n) is 12.2. The minimum absolute atomic E-state index is 0.614. The number of para-hydroxylation sites is 2. The summed E-state index contributed by atoms with van der Waals surface area (Å²) in [7, 11) is 1.62. The van der Waals surface area contributed by atoms with E-state index in [1.54, 1.807) is 16.3 Å². The van der Waals surface area contributed by atoms with Crippen molar-refractivity contribution < 1.29 is 4.74 Å². The average Bonchev–Trinajstić information content (AvgIpc) is 3.22. The molecule has 0 saturated carbocycles. The Kier molecular flexibility index (Phi) is 3.46. The normalized spacial score (nSPS) is 11.2. The number of tetrazole rings is 1. The number of imidazole rings is 1. The van der Waals surface area contributed by atoms with Crippen molar-refractivity contribution in [2.45, 2.75) is 16.4 Å². The van der Waals surface area contributed by atoms with E-state index in [1.807, 2.05) is 37.4 Å². The number of aromatic nitrogens is 7. The Morgan fingerprint density at radius 2 is 2.13 bits per heavy atom. The fraction of sp³-hybridized carbons (Fsp3) is 0.154. The number of hydrogen-bond donors (Lipinski definition) is 0. The van der Waals surface area contributed by atoms with E-state index in [2.05, 4.69) is 25.6 Å². The van der Waals surface area contributed by atoms with E-state index < -0.39 is 0 Å². The molecule has 0 bridgehead atoms. The topological polar surface area (TPSA) is 83.0 Å². The first-order chi connectivity index (χ1) is 11.2. The Bertz CT molecular complexity index is 942. The van der Waals surface area contributed by atoms with E-state index in [9.17, 15) is 0 Å². The zero-order valence-corrected chi connectivity index (χ0v) is 13.9. The van der Waals surface area contributed by atoms with Crippen LogP contribution in [0.2, 0.25) is 0 Å². The summed E-state index contributed by atoms with van der Waals surface area (Å²) in [6.07, 6.45) is 1.89. The van der Waals surface area contributed by atoms with Gasteiger partial charge in [0, 0.05) is 0 Å². The van der Waals surface area contributed by atoms with Crippen LogP contribution >= 0.6 is 23.1 Å². The molecule has 0 fully saturated rings. The summed E-state index contributed by atoms with van der Waals surface area (Å²) in [5.74, 6) is 0.700. The molecule has 0 saturated heterocycles. The molecule has 0 unspecified atom stereocenters. The highest BCUT2D eigenvalue weighted by molar-refractivity contribution is 8.01. The lowest BCUT2D eigenvalue weighted by molar-refractivity contribution is 0.410. The van der Waals surface area contributed by atoms with E-state index in [1.165, 1.54) is 23.1 Å². The van der Waals surface area contributed by atoms with Gasteiger partial charge in [0.1, 0.15) is 11.4 Å². The summed E-state index contributed by atoms with van der Waals surface area (Å²) in [6.45, 7) is 1.94. The standard InChI is InChI=1S/C13H11N7OS2/c1-8-7-19-11(14-8)22-13(16-19)23-12-15-17-18-20(12)9-5-3-4-6-10(9)21-2/h3-7H,1-2H3. The first-order valence-corrected chi connectivity index (χ1v) is 8.30. The molecule has 4 aromatic rings. The molecule has 0 amide bonds. The van der Waals surface area contributed by atoms with Crippen molar-refractivity contribution >= 4 is 28.1 Å². The molecular formula is C13H11N7OS2. The lowest BCUT2D eigenvalue weighted by Crippen LogP contribution is -2.01. The summed E-state index contributed by atoms with van der Waals surface area (Å²) >= 11 is 2.88. The first-order valence-electron chi connectivity index (χ1n) is 6.67. The van der Waals surface area contributed by atoms with Crippen molar-refractivity contribution in [3.8, 4) is 11.4 Å². The lowest BCUT2D eigenvalue weighted by atomic mass is 10.3. The molecule has 0 aliphatic heterocycles. The van der Waals surface area contributed by atoms with Gasteiger partial charge >= 0.3 is 0 Å². The Balaban J connectivity index is 1.70. The van der Waals surface area contributed by atoms with Crippen molar-refractivity contribution in [3.05, 3.63) is 36.2 Å². The second-order valence-corrected chi connectivity index (χ2v) is 6.79. The van der Waals surface area contributed by atoms with Gasteiger partial charge < -0.3 is 4.74 Å². The molecule has 4 rings (SSSR count). The molecule has 23 heavy (non-hydrogen) atoms. The Hall–Kier alpha value is -2.46. The van der Waals surface area contributed by atoms with E-state index in [0.29, 0.717) is 10.9 Å². The van der Waals surface area contributed by atoms with Crippen molar-refractivity contribution in [2.75, 3.05) is 7.11 Å². The minimum atomic E-state index is 0.614. The van der Waals surface area contributed by atoms with Crippen molar-refractivity contribution in [1.82, 2.24) is 34.8 Å². The molecule has 0 radical (unpaired) electrons. The number of nitrogens with zero attached hydrogens (tertiary/aromatic N) is 7. The molecule has 3 heterocycles. The van der Waals surface area contributed by atoms with Crippen LogP contribution in [0.4, 0.5) is 0 Å². The lowest BCUT2D eigenvalue weighted by Gasteiger charge is -2.07. The molecule has 3 aromatic heterocycles. The Morgan fingerprint density at radius 3 is 2.96 bits per heavy atom. The summed E-state index contributed by atoms with van der Waals surface area (Å²) < 4.78 is 9.59. The van der Waals surface area contributed by atoms with Crippen molar-refractivity contribution in [2.24, 2.45) is 0 Å². The van der Waals surface area contributed by atoms with Crippen LogP contribution in [-0.2, 0) is 0 Å².